The summed E-state index contributed by atoms with van der Waals surface area (Å²) in [6.45, 7) is 2.36. The molecule has 2 aromatic carbocycles. The third kappa shape index (κ3) is 3.57. The second kappa shape index (κ2) is 6.49. The van der Waals surface area contributed by atoms with Crippen LogP contribution in [0.4, 0.5) is 11.4 Å². The molecule has 0 saturated heterocycles. The number of nitrogens with two attached hydrogens (primary N) is 1. The van der Waals surface area contributed by atoms with Gasteiger partial charge in [0, 0.05) is 16.7 Å². The molecule has 2 N–H and O–H groups in total. The second-order valence-electron chi connectivity index (χ2n) is 4.62. The van der Waals surface area contributed by atoms with Crippen LogP contribution in [0.15, 0.2) is 57.9 Å². The molecule has 0 spiro atoms. The normalized spacial score (nSPS) is 11.3. The maximum Gasteiger partial charge on any atom is 0.264 e. The Hall–Kier alpha value is -1.53. The average molecular weight is 369 g/mol. The number of sulfonamides is 1. The molecule has 4 nitrogen and oxygen atoms in total. The minimum absolute atomic E-state index is 0.274. The molecule has 2 rings (SSSR count). The Labute approximate surface area is 133 Å². The number of nitrogens with zero attached hydrogens (tertiary/aromatic N) is 1. The Morgan fingerprint density at radius 3 is 2.14 bits per heavy atom. The molecule has 2 aromatic rings. The van der Waals surface area contributed by atoms with E-state index in [1.165, 1.54) is 4.31 Å². The van der Waals surface area contributed by atoms with Crippen LogP contribution in [0, 0.1) is 0 Å². The number of anilines is 2. The van der Waals surface area contributed by atoms with E-state index < -0.39 is 10.0 Å². The first-order valence-corrected chi connectivity index (χ1v) is 8.82. The van der Waals surface area contributed by atoms with Crippen molar-refractivity contribution in [3.63, 3.8) is 0 Å². The van der Waals surface area contributed by atoms with Crippen LogP contribution < -0.4 is 10.0 Å². The maximum absolute atomic E-state index is 12.8. The third-order valence-electron chi connectivity index (χ3n) is 3.01. The summed E-state index contributed by atoms with van der Waals surface area (Å²) in [7, 11) is -3.57. The van der Waals surface area contributed by atoms with Gasteiger partial charge in [0.1, 0.15) is 0 Å². The Balaban J connectivity index is 2.45. The van der Waals surface area contributed by atoms with Crippen molar-refractivity contribution in [2.24, 2.45) is 0 Å². The highest BCUT2D eigenvalue weighted by molar-refractivity contribution is 9.10. The van der Waals surface area contributed by atoms with E-state index in [0.717, 1.165) is 10.9 Å². The van der Waals surface area contributed by atoms with Gasteiger partial charge in [-0.15, -0.1) is 0 Å². The van der Waals surface area contributed by atoms with Crippen molar-refractivity contribution in [1.29, 1.82) is 0 Å². The zero-order chi connectivity index (χ0) is 15.5. The molecule has 0 aliphatic rings. The largest absolute Gasteiger partial charge is 0.399 e. The highest BCUT2D eigenvalue weighted by Crippen LogP contribution is 2.25. The molecule has 112 valence electrons. The molecule has 21 heavy (non-hydrogen) atoms. The Morgan fingerprint density at radius 2 is 1.62 bits per heavy atom. The lowest BCUT2D eigenvalue weighted by Gasteiger charge is -2.24. The minimum atomic E-state index is -3.57. The minimum Gasteiger partial charge on any atom is -0.399 e. The van der Waals surface area contributed by atoms with Crippen molar-refractivity contribution in [3.8, 4) is 0 Å². The van der Waals surface area contributed by atoms with Crippen molar-refractivity contribution < 1.29 is 8.42 Å². The SMILES string of the molecule is CCCN(c1ccc(N)cc1)S(=O)(=O)c1ccc(Br)cc1. The van der Waals surface area contributed by atoms with Gasteiger partial charge >= 0.3 is 0 Å². The molecule has 6 heteroatoms. The Bertz CT molecular complexity index is 697. The molecule has 0 heterocycles. The number of hydrogen-bond donors (Lipinski definition) is 1. The molecule has 0 fully saturated rings. The lowest BCUT2D eigenvalue weighted by Crippen LogP contribution is -2.31. The molecule has 0 radical (unpaired) electrons. The molecule has 0 aliphatic heterocycles. The van der Waals surface area contributed by atoms with Crippen LogP contribution >= 0.6 is 15.9 Å². The molecule has 0 saturated carbocycles. The first kappa shape index (κ1) is 15.9. The summed E-state index contributed by atoms with van der Waals surface area (Å²) in [5.41, 5.74) is 6.89. The first-order valence-electron chi connectivity index (χ1n) is 6.59. The van der Waals surface area contributed by atoms with Crippen LogP contribution in [0.1, 0.15) is 13.3 Å². The average Bonchev–Trinajstić information content (AvgIpc) is 2.46. The van der Waals surface area contributed by atoms with Crippen LogP contribution in [-0.2, 0) is 10.0 Å². The number of hydrogen-bond acceptors (Lipinski definition) is 3. The van der Waals surface area contributed by atoms with E-state index in [-0.39, 0.29) is 4.90 Å². The standard InChI is InChI=1S/C15H17BrN2O2S/c1-2-11-18(14-7-5-13(17)6-8-14)21(19,20)15-9-3-12(16)4-10-15/h3-10H,2,11,17H2,1H3. The van der Waals surface area contributed by atoms with Gasteiger partial charge in [-0.1, -0.05) is 22.9 Å². The van der Waals surface area contributed by atoms with Gasteiger partial charge in [0.05, 0.1) is 10.6 Å². The lowest BCUT2D eigenvalue weighted by atomic mass is 10.3. The van der Waals surface area contributed by atoms with Gasteiger partial charge < -0.3 is 5.73 Å². The van der Waals surface area contributed by atoms with E-state index in [1.807, 2.05) is 6.92 Å². The van der Waals surface area contributed by atoms with Crippen molar-refractivity contribution in [2.45, 2.75) is 18.2 Å². The summed E-state index contributed by atoms with van der Waals surface area (Å²) < 4.78 is 27.9. The molecule has 0 amide bonds. The van der Waals surface area contributed by atoms with Crippen LogP contribution in [0.5, 0.6) is 0 Å². The number of nitrogen functional groups attached to an aromatic ring is 1. The summed E-state index contributed by atoms with van der Waals surface area (Å²) in [4.78, 5) is 0.274. The summed E-state index contributed by atoms with van der Waals surface area (Å²) in [6.07, 6.45) is 0.722. The fourth-order valence-corrected chi connectivity index (χ4v) is 3.79. The van der Waals surface area contributed by atoms with Crippen LogP contribution in [-0.4, -0.2) is 15.0 Å². The van der Waals surface area contributed by atoms with Gasteiger partial charge in [0.2, 0.25) is 0 Å². The van der Waals surface area contributed by atoms with Gasteiger partial charge in [-0.25, -0.2) is 8.42 Å². The molecule has 0 aromatic heterocycles. The quantitative estimate of drug-likeness (QED) is 0.819. The van der Waals surface area contributed by atoms with E-state index >= 15 is 0 Å². The Morgan fingerprint density at radius 1 is 1.05 bits per heavy atom. The zero-order valence-corrected chi connectivity index (χ0v) is 14.1. The Kier molecular flexibility index (Phi) is 4.90. The highest BCUT2D eigenvalue weighted by atomic mass is 79.9. The van der Waals surface area contributed by atoms with E-state index in [1.54, 1.807) is 48.5 Å². The molecular formula is C15H17BrN2O2S. The summed E-state index contributed by atoms with van der Waals surface area (Å²) in [5.74, 6) is 0. The maximum atomic E-state index is 12.8. The predicted molar refractivity (Wildman–Crippen MR) is 89.8 cm³/mol. The van der Waals surface area contributed by atoms with Crippen LogP contribution in [0.25, 0.3) is 0 Å². The summed E-state index contributed by atoms with van der Waals surface area (Å²) in [5, 5.41) is 0. The van der Waals surface area contributed by atoms with E-state index in [9.17, 15) is 8.42 Å². The van der Waals surface area contributed by atoms with E-state index in [0.29, 0.717) is 17.9 Å². The van der Waals surface area contributed by atoms with Crippen molar-refractivity contribution in [3.05, 3.63) is 53.0 Å². The first-order chi connectivity index (χ1) is 9.95. The predicted octanol–water partition coefficient (Wildman–Crippen LogP) is 3.64. The molecule has 0 bridgehead atoms. The summed E-state index contributed by atoms with van der Waals surface area (Å²) >= 11 is 3.31. The highest BCUT2D eigenvalue weighted by Gasteiger charge is 2.24. The topological polar surface area (TPSA) is 63.4 Å². The molecule has 0 atom stereocenters. The number of benzene rings is 2. The number of halogens is 1. The van der Waals surface area contributed by atoms with E-state index in [4.69, 9.17) is 5.73 Å². The number of rotatable bonds is 5. The van der Waals surface area contributed by atoms with Gasteiger partial charge in [0.25, 0.3) is 10.0 Å². The zero-order valence-electron chi connectivity index (χ0n) is 11.7. The molecule has 0 unspecified atom stereocenters. The fraction of sp³-hybridized carbons (Fsp3) is 0.200. The monoisotopic (exact) mass is 368 g/mol. The van der Waals surface area contributed by atoms with Gasteiger partial charge in [0.15, 0.2) is 0 Å². The third-order valence-corrected chi connectivity index (χ3v) is 5.38. The second-order valence-corrected chi connectivity index (χ2v) is 7.40. The van der Waals surface area contributed by atoms with Crippen LogP contribution in [0.2, 0.25) is 0 Å². The van der Waals surface area contributed by atoms with Gasteiger partial charge in [-0.3, -0.25) is 4.31 Å². The van der Waals surface area contributed by atoms with Crippen molar-refractivity contribution in [1.82, 2.24) is 0 Å². The van der Waals surface area contributed by atoms with Gasteiger partial charge in [-0.05, 0) is 55.0 Å². The lowest BCUT2D eigenvalue weighted by molar-refractivity contribution is 0.590. The van der Waals surface area contributed by atoms with Gasteiger partial charge in [-0.2, -0.15) is 0 Å². The molecular weight excluding hydrogens is 352 g/mol. The fourth-order valence-electron chi connectivity index (χ4n) is 1.97. The van der Waals surface area contributed by atoms with Crippen LogP contribution in [0.3, 0.4) is 0 Å². The van der Waals surface area contributed by atoms with Crippen molar-refractivity contribution in [2.75, 3.05) is 16.6 Å². The van der Waals surface area contributed by atoms with E-state index in [2.05, 4.69) is 15.9 Å². The smallest absolute Gasteiger partial charge is 0.264 e. The molecule has 0 aliphatic carbocycles. The van der Waals surface area contributed by atoms with Crippen molar-refractivity contribution >= 4 is 37.3 Å². The summed E-state index contributed by atoms with van der Waals surface area (Å²) in [6, 6.07) is 13.5.